The number of halogens is 1. The number of ether oxygens (including phenoxy) is 2. The number of carbonyl (C=O) groups is 1. The molecule has 9 nitrogen and oxygen atoms in total. The first-order valence-corrected chi connectivity index (χ1v) is 12.6. The van der Waals surface area contributed by atoms with Gasteiger partial charge in [0.2, 0.25) is 5.88 Å². The number of fused-ring (bicyclic) bond motifs is 4. The van der Waals surface area contributed by atoms with Crippen molar-refractivity contribution >= 4 is 44.4 Å². The molecule has 2 aromatic carbocycles. The van der Waals surface area contributed by atoms with Crippen LogP contribution in [0.15, 0.2) is 48.9 Å². The molecule has 0 unspecified atom stereocenters. The number of methoxy groups -OCH3 is 1. The second-order valence-corrected chi connectivity index (χ2v) is 10.4. The van der Waals surface area contributed by atoms with Crippen molar-refractivity contribution < 1.29 is 23.8 Å². The smallest absolute Gasteiger partial charge is 0.412 e. The van der Waals surface area contributed by atoms with Crippen molar-refractivity contribution in [3.05, 3.63) is 65.9 Å². The zero-order valence-corrected chi connectivity index (χ0v) is 21.5. The number of carboxylic acid groups (broad SMARTS) is 1. The third-order valence-corrected chi connectivity index (χ3v) is 7.63. The summed E-state index contributed by atoms with van der Waals surface area (Å²) in [6.45, 7) is 3.74. The summed E-state index contributed by atoms with van der Waals surface area (Å²) in [7, 11) is 1.54. The van der Waals surface area contributed by atoms with Crippen LogP contribution < -0.4 is 14.4 Å². The van der Waals surface area contributed by atoms with Gasteiger partial charge in [-0.2, -0.15) is 0 Å². The number of thiazole rings is 1. The molecule has 1 amide bonds. The molecule has 5 aromatic rings. The lowest BCUT2D eigenvalue weighted by Crippen LogP contribution is -2.46. The molecule has 0 saturated carbocycles. The van der Waals surface area contributed by atoms with E-state index in [1.54, 1.807) is 31.5 Å². The lowest BCUT2D eigenvalue weighted by Gasteiger charge is -2.30. The Kier molecular flexibility index (Phi) is 5.60. The summed E-state index contributed by atoms with van der Waals surface area (Å²) in [5, 5.41) is 10.5. The summed E-state index contributed by atoms with van der Waals surface area (Å²) in [5.41, 5.74) is 3.72. The maximum atomic E-state index is 15.3. The molecule has 3 aromatic heterocycles. The number of rotatable bonds is 5. The molecule has 0 spiro atoms. The highest BCUT2D eigenvalue weighted by molar-refractivity contribution is 7.22. The van der Waals surface area contributed by atoms with Crippen molar-refractivity contribution in [1.82, 2.24) is 19.9 Å². The second-order valence-electron chi connectivity index (χ2n) is 9.43. The highest BCUT2D eigenvalue weighted by Gasteiger charge is 2.41. The molecule has 0 bridgehead atoms. The molecule has 1 atom stereocenters. The number of hydrogen-bond acceptors (Lipinski definition) is 8. The Morgan fingerprint density at radius 2 is 2.11 bits per heavy atom. The Labute approximate surface area is 220 Å². The van der Waals surface area contributed by atoms with E-state index in [9.17, 15) is 9.90 Å². The first-order valence-electron chi connectivity index (χ1n) is 11.8. The lowest BCUT2D eigenvalue weighted by molar-refractivity contribution is 0.115. The molecule has 4 heterocycles. The molecular formula is C27H22FN5O4S. The van der Waals surface area contributed by atoms with Gasteiger partial charge in [0.25, 0.3) is 0 Å². The third kappa shape index (κ3) is 4.04. The SMILES string of the molecule is COc1cnc2c(-c3nc4cc(F)c5c(c4s3)C[C@@](C)(CN(C(=O)O)c3cccnc3)O5)cc(C)cc2n1. The summed E-state index contributed by atoms with van der Waals surface area (Å²) in [6, 6.07) is 8.59. The largest absolute Gasteiger partial charge is 0.482 e. The monoisotopic (exact) mass is 531 g/mol. The maximum Gasteiger partial charge on any atom is 0.412 e. The third-order valence-electron chi connectivity index (χ3n) is 6.47. The molecule has 0 aliphatic carbocycles. The molecular weight excluding hydrogens is 509 g/mol. The van der Waals surface area contributed by atoms with Crippen LogP contribution in [0.2, 0.25) is 0 Å². The number of hydrogen-bond donors (Lipinski definition) is 1. The van der Waals surface area contributed by atoms with Crippen LogP contribution in [0.3, 0.4) is 0 Å². The molecule has 192 valence electrons. The van der Waals surface area contributed by atoms with Crippen molar-refractivity contribution in [1.29, 1.82) is 0 Å². The van der Waals surface area contributed by atoms with Gasteiger partial charge in [-0.25, -0.2) is 24.1 Å². The zero-order valence-electron chi connectivity index (χ0n) is 20.7. The van der Waals surface area contributed by atoms with E-state index in [-0.39, 0.29) is 12.3 Å². The normalized spacial score (nSPS) is 16.4. The molecule has 0 saturated heterocycles. The van der Waals surface area contributed by atoms with Crippen LogP contribution in [0.4, 0.5) is 14.9 Å². The number of amides is 1. The van der Waals surface area contributed by atoms with Crippen molar-refractivity contribution in [2.24, 2.45) is 0 Å². The van der Waals surface area contributed by atoms with Crippen LogP contribution in [-0.4, -0.2) is 50.4 Å². The minimum absolute atomic E-state index is 0.00472. The van der Waals surface area contributed by atoms with Gasteiger partial charge in [0, 0.05) is 29.8 Å². The first-order chi connectivity index (χ1) is 18.2. The van der Waals surface area contributed by atoms with Crippen LogP contribution in [0.5, 0.6) is 11.6 Å². The molecule has 1 aliphatic rings. The van der Waals surface area contributed by atoms with Crippen LogP contribution in [0.25, 0.3) is 31.8 Å². The predicted molar refractivity (Wildman–Crippen MR) is 142 cm³/mol. The molecule has 6 rings (SSSR count). The van der Waals surface area contributed by atoms with E-state index in [4.69, 9.17) is 14.5 Å². The van der Waals surface area contributed by atoms with Crippen LogP contribution in [0.1, 0.15) is 18.1 Å². The summed E-state index contributed by atoms with van der Waals surface area (Å²) in [6.07, 6.45) is 3.77. The highest BCUT2D eigenvalue weighted by atomic mass is 32.1. The second kappa shape index (κ2) is 8.88. The number of aromatic nitrogens is 4. The van der Waals surface area contributed by atoms with Gasteiger partial charge in [-0.1, -0.05) is 0 Å². The first kappa shape index (κ1) is 24.0. The standard InChI is InChI=1S/C27H22FN5O4S/c1-14-7-16(22-19(8-14)31-21(36-3)12-30-22)25-32-20-9-18(28)23-17(24(20)38-25)10-27(2,37-23)13-33(26(34)35)15-5-4-6-29-11-15/h4-9,11-12H,10,13H2,1-3H3,(H,34,35)/t27-/m0/s1. The average Bonchev–Trinajstić information content (AvgIpc) is 3.48. The zero-order chi connectivity index (χ0) is 26.6. The minimum Gasteiger partial charge on any atom is -0.482 e. The maximum absolute atomic E-state index is 15.3. The molecule has 0 radical (unpaired) electrons. The van der Waals surface area contributed by atoms with E-state index in [1.165, 1.54) is 30.7 Å². The predicted octanol–water partition coefficient (Wildman–Crippen LogP) is 5.64. The number of aryl methyl sites for hydroxylation is 1. The summed E-state index contributed by atoms with van der Waals surface area (Å²) >= 11 is 1.42. The van der Waals surface area contributed by atoms with Crippen molar-refractivity contribution in [3.63, 3.8) is 0 Å². The van der Waals surface area contributed by atoms with Crippen LogP contribution in [-0.2, 0) is 6.42 Å². The quantitative estimate of drug-likeness (QED) is 0.310. The topological polar surface area (TPSA) is 111 Å². The van der Waals surface area contributed by atoms with E-state index in [0.29, 0.717) is 45.1 Å². The Morgan fingerprint density at radius 1 is 1.26 bits per heavy atom. The Morgan fingerprint density at radius 3 is 2.84 bits per heavy atom. The number of pyridine rings is 1. The van der Waals surface area contributed by atoms with E-state index in [2.05, 4.69) is 15.0 Å². The fraction of sp³-hybridized carbons (Fsp3) is 0.222. The van der Waals surface area contributed by atoms with Crippen molar-refractivity contribution in [2.75, 3.05) is 18.6 Å². The molecule has 1 N–H and O–H groups in total. The summed E-state index contributed by atoms with van der Waals surface area (Å²) in [5.74, 6) is 0.0108. The Bertz CT molecular complexity index is 1730. The lowest BCUT2D eigenvalue weighted by atomic mass is 9.98. The van der Waals surface area contributed by atoms with Gasteiger partial charge in [0.1, 0.15) is 10.6 Å². The van der Waals surface area contributed by atoms with Gasteiger partial charge in [-0.15, -0.1) is 11.3 Å². The van der Waals surface area contributed by atoms with Gasteiger partial charge in [-0.3, -0.25) is 9.88 Å². The van der Waals surface area contributed by atoms with Gasteiger partial charge in [0.05, 0.1) is 53.0 Å². The van der Waals surface area contributed by atoms with Gasteiger partial charge < -0.3 is 14.6 Å². The van der Waals surface area contributed by atoms with Gasteiger partial charge in [-0.05, 0) is 43.7 Å². The fourth-order valence-corrected chi connectivity index (χ4v) is 5.94. The molecule has 1 aliphatic heterocycles. The van der Waals surface area contributed by atoms with Gasteiger partial charge >= 0.3 is 6.09 Å². The molecule has 11 heteroatoms. The number of nitrogens with zero attached hydrogens (tertiary/aromatic N) is 5. The Hall–Kier alpha value is -4.38. The summed E-state index contributed by atoms with van der Waals surface area (Å²) < 4.78 is 27.4. The number of anilines is 1. The van der Waals surface area contributed by atoms with Gasteiger partial charge in [0.15, 0.2) is 11.6 Å². The highest BCUT2D eigenvalue weighted by Crippen LogP contribution is 2.46. The average molecular weight is 532 g/mol. The molecule has 0 fully saturated rings. The molecule has 38 heavy (non-hydrogen) atoms. The fourth-order valence-electron chi connectivity index (χ4n) is 4.84. The van der Waals surface area contributed by atoms with E-state index in [1.807, 2.05) is 19.1 Å². The van der Waals surface area contributed by atoms with Crippen LogP contribution >= 0.6 is 11.3 Å². The van der Waals surface area contributed by atoms with Crippen molar-refractivity contribution in [2.45, 2.75) is 25.9 Å². The minimum atomic E-state index is -1.14. The van der Waals surface area contributed by atoms with E-state index >= 15 is 4.39 Å². The van der Waals surface area contributed by atoms with Crippen LogP contribution in [0, 0.1) is 12.7 Å². The summed E-state index contributed by atoms with van der Waals surface area (Å²) in [4.78, 5) is 31.0. The Balaban J connectivity index is 1.41. The number of benzene rings is 2. The van der Waals surface area contributed by atoms with Crippen molar-refractivity contribution in [3.8, 4) is 22.2 Å². The van der Waals surface area contributed by atoms with E-state index < -0.39 is 17.5 Å². The van der Waals surface area contributed by atoms with E-state index in [0.717, 1.165) is 20.7 Å².